The van der Waals surface area contributed by atoms with E-state index in [9.17, 15) is 4.39 Å². The Balaban J connectivity index is 2.59. The van der Waals surface area contributed by atoms with Crippen molar-refractivity contribution in [2.24, 2.45) is 0 Å². The number of hydrogen-bond acceptors (Lipinski definition) is 2. The number of aromatic nitrogens is 2. The Labute approximate surface area is 95.7 Å². The van der Waals surface area contributed by atoms with Crippen LogP contribution in [0.15, 0.2) is 30.6 Å². The maximum Gasteiger partial charge on any atom is 0.142 e. The third-order valence-corrected chi connectivity index (χ3v) is 2.45. The highest BCUT2D eigenvalue weighted by atomic mass is 35.5. The van der Waals surface area contributed by atoms with Crippen LogP contribution in [0.1, 0.15) is 0 Å². The van der Waals surface area contributed by atoms with Gasteiger partial charge in [-0.1, -0.05) is 35.3 Å². The zero-order chi connectivity index (χ0) is 10.8. The highest BCUT2D eigenvalue weighted by Crippen LogP contribution is 2.28. The lowest BCUT2D eigenvalue weighted by molar-refractivity contribution is 0.628. The van der Waals surface area contributed by atoms with Gasteiger partial charge in [-0.15, -0.1) is 0 Å². The van der Waals surface area contributed by atoms with Crippen molar-refractivity contribution in [1.29, 1.82) is 0 Å². The van der Waals surface area contributed by atoms with Crippen molar-refractivity contribution in [1.82, 2.24) is 9.97 Å². The normalized spacial score (nSPS) is 10.3. The molecule has 2 rings (SSSR count). The van der Waals surface area contributed by atoms with E-state index in [2.05, 4.69) is 9.97 Å². The van der Waals surface area contributed by atoms with Gasteiger partial charge in [-0.05, 0) is 6.07 Å². The van der Waals surface area contributed by atoms with Crippen molar-refractivity contribution in [3.8, 4) is 11.3 Å². The van der Waals surface area contributed by atoms with Gasteiger partial charge in [0.2, 0.25) is 0 Å². The van der Waals surface area contributed by atoms with Crippen LogP contribution in [0.4, 0.5) is 4.39 Å². The molecule has 2 aromatic rings. The fraction of sp³-hybridized carbons (Fsp3) is 0. The molecule has 0 radical (unpaired) electrons. The molecule has 0 fully saturated rings. The molecule has 0 saturated heterocycles. The van der Waals surface area contributed by atoms with E-state index in [4.69, 9.17) is 23.2 Å². The lowest BCUT2D eigenvalue weighted by atomic mass is 10.1. The van der Waals surface area contributed by atoms with E-state index >= 15 is 0 Å². The zero-order valence-electron chi connectivity index (χ0n) is 7.42. The van der Waals surface area contributed by atoms with Crippen molar-refractivity contribution in [2.75, 3.05) is 0 Å². The van der Waals surface area contributed by atoms with Crippen LogP contribution in [0.5, 0.6) is 0 Å². The second-order valence-electron chi connectivity index (χ2n) is 2.83. The molecule has 0 aliphatic rings. The van der Waals surface area contributed by atoms with Gasteiger partial charge in [-0.3, -0.25) is 0 Å². The van der Waals surface area contributed by atoms with Gasteiger partial charge < -0.3 is 0 Å². The van der Waals surface area contributed by atoms with Gasteiger partial charge in [0.05, 0.1) is 10.7 Å². The summed E-state index contributed by atoms with van der Waals surface area (Å²) >= 11 is 11.5. The maximum absolute atomic E-state index is 13.2. The number of hydrogen-bond donors (Lipinski definition) is 0. The van der Waals surface area contributed by atoms with Gasteiger partial charge in [-0.25, -0.2) is 14.4 Å². The maximum atomic E-state index is 13.2. The van der Waals surface area contributed by atoms with Crippen LogP contribution < -0.4 is 0 Å². The van der Waals surface area contributed by atoms with Crippen LogP contribution in [0.2, 0.25) is 10.2 Å². The predicted molar refractivity (Wildman–Crippen MR) is 57.4 cm³/mol. The summed E-state index contributed by atoms with van der Waals surface area (Å²) < 4.78 is 13.2. The largest absolute Gasteiger partial charge is 0.236 e. The minimum atomic E-state index is -0.482. The van der Waals surface area contributed by atoms with Crippen LogP contribution in [0.25, 0.3) is 11.3 Å². The first-order valence-electron chi connectivity index (χ1n) is 4.10. The smallest absolute Gasteiger partial charge is 0.142 e. The summed E-state index contributed by atoms with van der Waals surface area (Å²) in [6.07, 6.45) is 1.30. The average molecular weight is 243 g/mol. The fourth-order valence-electron chi connectivity index (χ4n) is 1.18. The van der Waals surface area contributed by atoms with Crippen LogP contribution in [-0.4, -0.2) is 9.97 Å². The van der Waals surface area contributed by atoms with Crippen LogP contribution in [-0.2, 0) is 0 Å². The lowest BCUT2D eigenvalue weighted by Gasteiger charge is -2.03. The van der Waals surface area contributed by atoms with Crippen LogP contribution >= 0.6 is 23.2 Å². The molecule has 0 saturated carbocycles. The van der Waals surface area contributed by atoms with Gasteiger partial charge in [-0.2, -0.15) is 0 Å². The fourth-order valence-corrected chi connectivity index (χ4v) is 1.55. The average Bonchev–Trinajstić information content (AvgIpc) is 2.22. The van der Waals surface area contributed by atoms with Gasteiger partial charge >= 0.3 is 0 Å². The zero-order valence-corrected chi connectivity index (χ0v) is 8.93. The van der Waals surface area contributed by atoms with E-state index in [1.807, 2.05) is 0 Å². The Morgan fingerprint density at radius 3 is 2.67 bits per heavy atom. The number of halogens is 3. The highest BCUT2D eigenvalue weighted by molar-refractivity contribution is 6.33. The van der Waals surface area contributed by atoms with Gasteiger partial charge in [0.1, 0.15) is 17.3 Å². The molecule has 1 aromatic heterocycles. The quantitative estimate of drug-likeness (QED) is 0.715. The number of nitrogens with zero attached hydrogens (tertiary/aromatic N) is 2. The highest BCUT2D eigenvalue weighted by Gasteiger charge is 2.09. The lowest BCUT2D eigenvalue weighted by Crippen LogP contribution is -1.88. The van der Waals surface area contributed by atoms with Gasteiger partial charge in [0, 0.05) is 11.6 Å². The third kappa shape index (κ3) is 2.08. The van der Waals surface area contributed by atoms with Crippen LogP contribution in [0, 0.1) is 5.82 Å². The molecule has 0 aliphatic carbocycles. The monoisotopic (exact) mass is 242 g/mol. The molecule has 0 spiro atoms. The summed E-state index contributed by atoms with van der Waals surface area (Å²) in [5.41, 5.74) is 1.00. The number of rotatable bonds is 1. The molecule has 1 aromatic carbocycles. The van der Waals surface area contributed by atoms with Crippen molar-refractivity contribution in [3.05, 3.63) is 46.6 Å². The SMILES string of the molecule is Fc1cccc(-c2cc(Cl)ncn2)c1Cl. The Morgan fingerprint density at radius 1 is 1.13 bits per heavy atom. The third-order valence-electron chi connectivity index (χ3n) is 1.86. The standard InChI is InChI=1S/C10H5Cl2FN2/c11-9-4-8(14-5-15-9)6-2-1-3-7(13)10(6)12/h1-5H. The molecule has 1 heterocycles. The molecule has 15 heavy (non-hydrogen) atoms. The molecule has 5 heteroatoms. The molecule has 0 bridgehead atoms. The molecule has 0 atom stereocenters. The summed E-state index contributed by atoms with van der Waals surface area (Å²) in [6.45, 7) is 0. The second kappa shape index (κ2) is 4.13. The van der Waals surface area contributed by atoms with E-state index in [0.29, 0.717) is 16.4 Å². The predicted octanol–water partition coefficient (Wildman–Crippen LogP) is 3.59. The Hall–Kier alpha value is -1.19. The molecule has 0 amide bonds. The van der Waals surface area contributed by atoms with E-state index in [1.165, 1.54) is 18.5 Å². The molecule has 2 nitrogen and oxygen atoms in total. The minimum absolute atomic E-state index is 0.0345. The summed E-state index contributed by atoms with van der Waals surface area (Å²) in [4.78, 5) is 7.70. The Kier molecular flexibility index (Phi) is 2.84. The molecule has 0 aliphatic heterocycles. The summed E-state index contributed by atoms with van der Waals surface area (Å²) in [5.74, 6) is -0.482. The van der Waals surface area contributed by atoms with E-state index in [1.54, 1.807) is 12.1 Å². The summed E-state index contributed by atoms with van der Waals surface area (Å²) in [5, 5.41) is 0.326. The summed E-state index contributed by atoms with van der Waals surface area (Å²) in [6, 6.07) is 6.05. The number of benzene rings is 1. The van der Waals surface area contributed by atoms with Crippen molar-refractivity contribution < 1.29 is 4.39 Å². The van der Waals surface area contributed by atoms with Crippen molar-refractivity contribution in [2.45, 2.75) is 0 Å². The van der Waals surface area contributed by atoms with E-state index in [-0.39, 0.29) is 5.02 Å². The van der Waals surface area contributed by atoms with Crippen molar-refractivity contribution >= 4 is 23.2 Å². The van der Waals surface area contributed by atoms with Gasteiger partial charge in [0.15, 0.2) is 0 Å². The molecule has 0 unspecified atom stereocenters. The Morgan fingerprint density at radius 2 is 1.93 bits per heavy atom. The molecular formula is C10H5Cl2FN2. The first-order chi connectivity index (χ1) is 7.18. The van der Waals surface area contributed by atoms with Crippen LogP contribution in [0.3, 0.4) is 0 Å². The molecule has 76 valence electrons. The van der Waals surface area contributed by atoms with E-state index < -0.39 is 5.82 Å². The molecular weight excluding hydrogens is 238 g/mol. The van der Waals surface area contributed by atoms with E-state index in [0.717, 1.165) is 0 Å². The summed E-state index contributed by atoms with van der Waals surface area (Å²) in [7, 11) is 0. The minimum Gasteiger partial charge on any atom is -0.236 e. The van der Waals surface area contributed by atoms with Crippen molar-refractivity contribution in [3.63, 3.8) is 0 Å². The molecule has 0 N–H and O–H groups in total. The Bertz CT molecular complexity index is 503. The first-order valence-corrected chi connectivity index (χ1v) is 4.86. The van der Waals surface area contributed by atoms with Gasteiger partial charge in [0.25, 0.3) is 0 Å². The second-order valence-corrected chi connectivity index (χ2v) is 3.59. The topological polar surface area (TPSA) is 25.8 Å². The first kappa shape index (κ1) is 10.3.